The maximum absolute atomic E-state index is 12.7. The maximum Gasteiger partial charge on any atom is 0.416 e. The average molecular weight is 396 g/mol. The molecule has 0 saturated heterocycles. The van der Waals surface area contributed by atoms with Crippen LogP contribution in [0.4, 0.5) is 13.2 Å². The summed E-state index contributed by atoms with van der Waals surface area (Å²) in [6.45, 7) is -0.0474. The van der Waals surface area contributed by atoms with E-state index in [1.165, 1.54) is 12.1 Å². The van der Waals surface area contributed by atoms with Gasteiger partial charge in [0.05, 0.1) is 18.7 Å². The second-order valence-corrected chi connectivity index (χ2v) is 6.37. The molecule has 8 heteroatoms. The molecule has 0 aliphatic heterocycles. The number of amides is 1. The van der Waals surface area contributed by atoms with Crippen LogP contribution in [-0.2, 0) is 11.0 Å². The van der Waals surface area contributed by atoms with Crippen molar-refractivity contribution in [2.24, 2.45) is 0 Å². The Labute approximate surface area is 162 Å². The minimum absolute atomic E-state index is 0.00992. The van der Waals surface area contributed by atoms with Gasteiger partial charge in [-0.05, 0) is 50.0 Å². The molecule has 1 unspecified atom stereocenters. The van der Waals surface area contributed by atoms with Crippen molar-refractivity contribution >= 4 is 5.91 Å². The fourth-order valence-electron chi connectivity index (χ4n) is 2.60. The molecule has 0 aliphatic carbocycles. The molecule has 1 atom stereocenters. The molecule has 2 aromatic carbocycles. The van der Waals surface area contributed by atoms with E-state index >= 15 is 0 Å². The van der Waals surface area contributed by atoms with E-state index in [9.17, 15) is 18.0 Å². The van der Waals surface area contributed by atoms with Crippen LogP contribution in [0.5, 0.6) is 11.5 Å². The number of rotatable bonds is 8. The molecule has 0 radical (unpaired) electrons. The Hall–Kier alpha value is -2.74. The number of benzene rings is 2. The molecule has 1 N–H and O–H groups in total. The highest BCUT2D eigenvalue weighted by molar-refractivity contribution is 5.77. The SMILES string of the molecule is COc1ccc(C(CNC(=O)COc2cccc(C(F)(F)F)c2)N(C)C)cc1. The molecule has 2 rings (SSSR count). The lowest BCUT2D eigenvalue weighted by Gasteiger charge is -2.25. The molecule has 0 aliphatic rings. The number of ether oxygens (including phenoxy) is 2. The fraction of sp³-hybridized carbons (Fsp3) is 0.350. The normalized spacial score (nSPS) is 12.5. The lowest BCUT2D eigenvalue weighted by atomic mass is 10.1. The number of carbonyl (C=O) groups excluding carboxylic acids is 1. The Balaban J connectivity index is 1.91. The minimum Gasteiger partial charge on any atom is -0.497 e. The maximum atomic E-state index is 12.7. The van der Waals surface area contributed by atoms with Crippen molar-refractivity contribution in [3.63, 3.8) is 0 Å². The number of nitrogens with one attached hydrogen (secondary N) is 1. The molecular formula is C20H23F3N2O3. The van der Waals surface area contributed by atoms with Crippen LogP contribution in [-0.4, -0.2) is 45.2 Å². The zero-order valence-electron chi connectivity index (χ0n) is 15.9. The second-order valence-electron chi connectivity index (χ2n) is 6.37. The van der Waals surface area contributed by atoms with Crippen molar-refractivity contribution in [2.45, 2.75) is 12.2 Å². The monoisotopic (exact) mass is 396 g/mol. The smallest absolute Gasteiger partial charge is 0.416 e. The number of halogens is 3. The molecule has 0 aromatic heterocycles. The van der Waals surface area contributed by atoms with E-state index in [0.29, 0.717) is 6.54 Å². The summed E-state index contributed by atoms with van der Waals surface area (Å²) in [5.74, 6) is 0.307. The van der Waals surface area contributed by atoms with Gasteiger partial charge in [0.15, 0.2) is 6.61 Å². The Kier molecular flexibility index (Phi) is 7.28. The largest absolute Gasteiger partial charge is 0.497 e. The Morgan fingerprint density at radius 3 is 2.36 bits per heavy atom. The number of carbonyl (C=O) groups is 1. The highest BCUT2D eigenvalue weighted by atomic mass is 19.4. The molecule has 0 bridgehead atoms. The van der Waals surface area contributed by atoms with Crippen molar-refractivity contribution in [3.8, 4) is 11.5 Å². The topological polar surface area (TPSA) is 50.8 Å². The van der Waals surface area contributed by atoms with Gasteiger partial charge < -0.3 is 19.7 Å². The number of nitrogens with zero attached hydrogens (tertiary/aromatic N) is 1. The molecule has 2 aromatic rings. The summed E-state index contributed by atoms with van der Waals surface area (Å²) in [4.78, 5) is 14.0. The highest BCUT2D eigenvalue weighted by Gasteiger charge is 2.30. The van der Waals surface area contributed by atoms with Crippen LogP contribution < -0.4 is 14.8 Å². The molecule has 0 fully saturated rings. The van der Waals surface area contributed by atoms with Gasteiger partial charge in [-0.15, -0.1) is 0 Å². The van der Waals surface area contributed by atoms with Gasteiger partial charge in [0.1, 0.15) is 11.5 Å². The summed E-state index contributed by atoms with van der Waals surface area (Å²) in [6, 6.07) is 11.8. The number of alkyl halides is 3. The first-order valence-electron chi connectivity index (χ1n) is 8.58. The van der Waals surface area contributed by atoms with Crippen LogP contribution in [0.3, 0.4) is 0 Å². The molecular weight excluding hydrogens is 373 g/mol. The van der Waals surface area contributed by atoms with Crippen LogP contribution in [0.1, 0.15) is 17.2 Å². The Bertz CT molecular complexity index is 777. The first kappa shape index (κ1) is 21.6. The van der Waals surface area contributed by atoms with Gasteiger partial charge in [0, 0.05) is 6.54 Å². The van der Waals surface area contributed by atoms with E-state index in [0.717, 1.165) is 23.4 Å². The minimum atomic E-state index is -4.46. The Morgan fingerprint density at radius 1 is 1.11 bits per heavy atom. The molecule has 0 spiro atoms. The lowest BCUT2D eigenvalue weighted by Crippen LogP contribution is -2.36. The number of likely N-dealkylation sites (N-methyl/N-ethyl adjacent to an activating group) is 1. The molecule has 0 saturated carbocycles. The van der Waals surface area contributed by atoms with E-state index in [1.807, 2.05) is 43.3 Å². The third kappa shape index (κ3) is 6.16. The van der Waals surface area contributed by atoms with E-state index in [2.05, 4.69) is 5.32 Å². The van der Waals surface area contributed by atoms with Crippen LogP contribution in [0.2, 0.25) is 0 Å². The molecule has 0 heterocycles. The summed E-state index contributed by atoms with van der Waals surface area (Å²) >= 11 is 0. The van der Waals surface area contributed by atoms with Crippen LogP contribution in [0.15, 0.2) is 48.5 Å². The second kappa shape index (κ2) is 9.45. The predicted octanol–water partition coefficient (Wildman–Crippen LogP) is 3.51. The van der Waals surface area contributed by atoms with Crippen molar-refractivity contribution < 1.29 is 27.4 Å². The van der Waals surface area contributed by atoms with Gasteiger partial charge in [0.25, 0.3) is 5.91 Å². The third-order valence-electron chi connectivity index (χ3n) is 4.15. The molecule has 5 nitrogen and oxygen atoms in total. The fourth-order valence-corrected chi connectivity index (χ4v) is 2.60. The van der Waals surface area contributed by atoms with Gasteiger partial charge >= 0.3 is 6.18 Å². The van der Waals surface area contributed by atoms with Crippen molar-refractivity contribution in [1.29, 1.82) is 0 Å². The van der Waals surface area contributed by atoms with Gasteiger partial charge in [-0.3, -0.25) is 4.79 Å². The zero-order valence-corrected chi connectivity index (χ0v) is 15.9. The van der Waals surface area contributed by atoms with Crippen LogP contribution in [0, 0.1) is 0 Å². The lowest BCUT2D eigenvalue weighted by molar-refractivity contribution is -0.137. The first-order chi connectivity index (χ1) is 13.2. The summed E-state index contributed by atoms with van der Waals surface area (Å²) < 4.78 is 48.5. The number of hydrogen-bond acceptors (Lipinski definition) is 4. The van der Waals surface area contributed by atoms with Gasteiger partial charge in [-0.1, -0.05) is 18.2 Å². The average Bonchev–Trinajstić information content (AvgIpc) is 2.66. The van der Waals surface area contributed by atoms with Crippen LogP contribution >= 0.6 is 0 Å². The Morgan fingerprint density at radius 2 is 1.79 bits per heavy atom. The van der Waals surface area contributed by atoms with Crippen molar-refractivity contribution in [1.82, 2.24) is 10.2 Å². The highest BCUT2D eigenvalue weighted by Crippen LogP contribution is 2.31. The standard InChI is InChI=1S/C20H23F3N2O3/c1-25(2)18(14-7-9-16(27-3)10-8-14)12-24-19(26)13-28-17-6-4-5-15(11-17)20(21,22)23/h4-11,18H,12-13H2,1-3H3,(H,24,26). The van der Waals surface area contributed by atoms with Gasteiger partial charge in [0.2, 0.25) is 0 Å². The van der Waals surface area contributed by atoms with E-state index in [1.54, 1.807) is 7.11 Å². The van der Waals surface area contributed by atoms with E-state index in [-0.39, 0.29) is 18.4 Å². The number of methoxy groups -OCH3 is 1. The first-order valence-corrected chi connectivity index (χ1v) is 8.58. The van der Waals surface area contributed by atoms with Gasteiger partial charge in [-0.25, -0.2) is 0 Å². The summed E-state index contributed by atoms with van der Waals surface area (Å²) in [5.41, 5.74) is 0.169. The summed E-state index contributed by atoms with van der Waals surface area (Å²) in [6.07, 6.45) is -4.46. The summed E-state index contributed by atoms with van der Waals surface area (Å²) in [7, 11) is 5.36. The number of hydrogen-bond donors (Lipinski definition) is 1. The summed E-state index contributed by atoms with van der Waals surface area (Å²) in [5, 5.41) is 2.75. The van der Waals surface area contributed by atoms with Gasteiger partial charge in [-0.2, -0.15) is 13.2 Å². The van der Waals surface area contributed by atoms with Crippen LogP contribution in [0.25, 0.3) is 0 Å². The predicted molar refractivity (Wildman–Crippen MR) is 99.4 cm³/mol. The van der Waals surface area contributed by atoms with Crippen molar-refractivity contribution in [2.75, 3.05) is 34.4 Å². The quantitative estimate of drug-likeness (QED) is 0.742. The molecule has 1 amide bonds. The third-order valence-corrected chi connectivity index (χ3v) is 4.15. The van der Waals surface area contributed by atoms with Crippen molar-refractivity contribution in [3.05, 3.63) is 59.7 Å². The molecule has 28 heavy (non-hydrogen) atoms. The molecule has 152 valence electrons. The van der Waals surface area contributed by atoms with E-state index < -0.39 is 17.6 Å². The zero-order chi connectivity index (χ0) is 20.7. The van der Waals surface area contributed by atoms with E-state index in [4.69, 9.17) is 9.47 Å².